The van der Waals surface area contributed by atoms with Gasteiger partial charge in [-0.1, -0.05) is 5.92 Å². The number of amides is 3. The summed E-state index contributed by atoms with van der Waals surface area (Å²) in [6.07, 6.45) is 5.57. The third kappa shape index (κ3) is 3.71. The average molecular weight is 223 g/mol. The van der Waals surface area contributed by atoms with E-state index in [4.69, 9.17) is 6.42 Å². The Morgan fingerprint density at radius 2 is 2.31 bits per heavy atom. The molecule has 3 N–H and O–H groups in total. The number of terminal acetylenes is 1. The van der Waals surface area contributed by atoms with Crippen molar-refractivity contribution in [3.05, 3.63) is 0 Å². The fraction of sp³-hybridized carbons (Fsp3) is 0.500. The number of nitrogens with one attached hydrogen (secondary N) is 3. The lowest BCUT2D eigenvalue weighted by atomic mass is 10.1. The Labute approximate surface area is 93.2 Å². The van der Waals surface area contributed by atoms with E-state index in [9.17, 15) is 14.4 Å². The Morgan fingerprint density at radius 3 is 2.94 bits per heavy atom. The quantitative estimate of drug-likeness (QED) is 0.296. The van der Waals surface area contributed by atoms with E-state index in [1.807, 2.05) is 0 Å². The molecule has 0 spiro atoms. The first-order valence-corrected chi connectivity index (χ1v) is 4.90. The molecule has 1 atom stereocenters. The zero-order chi connectivity index (χ0) is 12.0. The maximum atomic E-state index is 11.3. The standard InChI is InChI=1S/C10H13N3O3/c1-2-5-11-6-9(15)12-7-3-4-8(14)13-10(7)16/h1,7,11H,3-6H2,(H,12,15)(H,13,14,16). The molecule has 6 nitrogen and oxygen atoms in total. The number of hydrogen-bond acceptors (Lipinski definition) is 4. The number of hydrogen-bond donors (Lipinski definition) is 3. The van der Waals surface area contributed by atoms with Gasteiger partial charge in [-0.15, -0.1) is 6.42 Å². The fourth-order valence-corrected chi connectivity index (χ4v) is 1.32. The second kappa shape index (κ2) is 5.88. The molecule has 1 aliphatic heterocycles. The van der Waals surface area contributed by atoms with Gasteiger partial charge in [-0.3, -0.25) is 25.0 Å². The van der Waals surface area contributed by atoms with Gasteiger partial charge in [-0.05, 0) is 6.42 Å². The van der Waals surface area contributed by atoms with E-state index in [1.54, 1.807) is 0 Å². The van der Waals surface area contributed by atoms with Crippen LogP contribution >= 0.6 is 0 Å². The Bertz CT molecular complexity index is 346. The molecule has 1 rings (SSSR count). The highest BCUT2D eigenvalue weighted by atomic mass is 16.2. The molecule has 0 saturated carbocycles. The molecule has 0 aromatic carbocycles. The largest absolute Gasteiger partial charge is 0.343 e. The molecule has 1 saturated heterocycles. The minimum Gasteiger partial charge on any atom is -0.343 e. The van der Waals surface area contributed by atoms with E-state index in [-0.39, 0.29) is 24.8 Å². The zero-order valence-electron chi connectivity index (χ0n) is 8.71. The highest BCUT2D eigenvalue weighted by molar-refractivity contribution is 6.01. The molecule has 16 heavy (non-hydrogen) atoms. The van der Waals surface area contributed by atoms with Gasteiger partial charge in [0.2, 0.25) is 17.7 Å². The highest BCUT2D eigenvalue weighted by Gasteiger charge is 2.27. The minimum atomic E-state index is -0.627. The molecule has 3 amide bonds. The molecule has 0 aliphatic carbocycles. The first-order chi connectivity index (χ1) is 7.63. The Hall–Kier alpha value is -1.87. The van der Waals surface area contributed by atoms with E-state index in [2.05, 4.69) is 21.9 Å². The molecule has 0 bridgehead atoms. The van der Waals surface area contributed by atoms with Crippen molar-refractivity contribution in [2.75, 3.05) is 13.1 Å². The van der Waals surface area contributed by atoms with E-state index < -0.39 is 11.9 Å². The Morgan fingerprint density at radius 1 is 1.56 bits per heavy atom. The van der Waals surface area contributed by atoms with E-state index >= 15 is 0 Å². The lowest BCUT2D eigenvalue weighted by Gasteiger charge is -2.21. The first kappa shape index (κ1) is 12.2. The SMILES string of the molecule is C#CCNCC(=O)NC1CCC(=O)NC1=O. The van der Waals surface area contributed by atoms with Crippen molar-refractivity contribution >= 4 is 17.7 Å². The number of carbonyl (C=O) groups excluding carboxylic acids is 3. The van der Waals surface area contributed by atoms with Crippen molar-refractivity contribution in [1.82, 2.24) is 16.0 Å². The number of rotatable bonds is 4. The van der Waals surface area contributed by atoms with Gasteiger partial charge in [0.05, 0.1) is 13.1 Å². The maximum absolute atomic E-state index is 11.3. The third-order valence-corrected chi connectivity index (χ3v) is 2.09. The summed E-state index contributed by atoms with van der Waals surface area (Å²) in [5.74, 6) is 1.25. The molecule has 86 valence electrons. The maximum Gasteiger partial charge on any atom is 0.249 e. The minimum absolute atomic E-state index is 0.0575. The smallest absolute Gasteiger partial charge is 0.249 e. The second-order valence-electron chi connectivity index (χ2n) is 3.38. The molecule has 6 heteroatoms. The average Bonchev–Trinajstić information content (AvgIpc) is 2.23. The number of carbonyl (C=O) groups is 3. The first-order valence-electron chi connectivity index (χ1n) is 4.90. The van der Waals surface area contributed by atoms with Crippen LogP contribution in [0.5, 0.6) is 0 Å². The van der Waals surface area contributed by atoms with Crippen LogP contribution in [-0.4, -0.2) is 36.9 Å². The Kier molecular flexibility index (Phi) is 4.48. The van der Waals surface area contributed by atoms with Crippen LogP contribution < -0.4 is 16.0 Å². The molecule has 1 aliphatic rings. The molecule has 1 unspecified atom stereocenters. The van der Waals surface area contributed by atoms with Crippen LogP contribution in [0.25, 0.3) is 0 Å². The summed E-state index contributed by atoms with van der Waals surface area (Å²) >= 11 is 0. The summed E-state index contributed by atoms with van der Waals surface area (Å²) < 4.78 is 0. The summed E-state index contributed by atoms with van der Waals surface area (Å²) in [7, 11) is 0. The van der Waals surface area contributed by atoms with Gasteiger partial charge in [0.1, 0.15) is 6.04 Å². The predicted molar refractivity (Wildman–Crippen MR) is 56.0 cm³/mol. The van der Waals surface area contributed by atoms with Crippen LogP contribution in [0.1, 0.15) is 12.8 Å². The van der Waals surface area contributed by atoms with Gasteiger partial charge < -0.3 is 5.32 Å². The monoisotopic (exact) mass is 223 g/mol. The van der Waals surface area contributed by atoms with E-state index in [0.29, 0.717) is 13.0 Å². The van der Waals surface area contributed by atoms with Gasteiger partial charge in [-0.25, -0.2) is 0 Å². The number of piperidine rings is 1. The van der Waals surface area contributed by atoms with Crippen molar-refractivity contribution in [2.24, 2.45) is 0 Å². The van der Waals surface area contributed by atoms with Crippen molar-refractivity contribution in [3.8, 4) is 12.3 Å². The van der Waals surface area contributed by atoms with Crippen molar-refractivity contribution in [3.63, 3.8) is 0 Å². The fourth-order valence-electron chi connectivity index (χ4n) is 1.32. The molecule has 0 aromatic rings. The normalized spacial score (nSPS) is 19.8. The van der Waals surface area contributed by atoms with Crippen LogP contribution in [0.4, 0.5) is 0 Å². The lowest BCUT2D eigenvalue weighted by Crippen LogP contribution is -2.53. The molecule has 0 aromatic heterocycles. The van der Waals surface area contributed by atoms with E-state index in [0.717, 1.165) is 0 Å². The Balaban J connectivity index is 2.31. The topological polar surface area (TPSA) is 87.3 Å². The van der Waals surface area contributed by atoms with Crippen LogP contribution in [0.3, 0.4) is 0 Å². The zero-order valence-corrected chi connectivity index (χ0v) is 8.71. The van der Waals surface area contributed by atoms with Gasteiger partial charge in [0.25, 0.3) is 0 Å². The van der Waals surface area contributed by atoms with Gasteiger partial charge in [0, 0.05) is 6.42 Å². The summed E-state index contributed by atoms with van der Waals surface area (Å²) in [6, 6.07) is -0.627. The van der Waals surface area contributed by atoms with Gasteiger partial charge in [0.15, 0.2) is 0 Å². The van der Waals surface area contributed by atoms with Crippen LogP contribution in [-0.2, 0) is 14.4 Å². The van der Waals surface area contributed by atoms with Gasteiger partial charge >= 0.3 is 0 Å². The van der Waals surface area contributed by atoms with E-state index in [1.165, 1.54) is 0 Å². The van der Waals surface area contributed by atoms with Gasteiger partial charge in [-0.2, -0.15) is 0 Å². The summed E-state index contributed by atoms with van der Waals surface area (Å²) in [5.41, 5.74) is 0. The van der Waals surface area contributed by atoms with Crippen LogP contribution in [0.15, 0.2) is 0 Å². The summed E-state index contributed by atoms with van der Waals surface area (Å²) in [6.45, 7) is 0.352. The third-order valence-electron chi connectivity index (χ3n) is 2.09. The molecule has 0 radical (unpaired) electrons. The van der Waals surface area contributed by atoms with Crippen LogP contribution in [0.2, 0.25) is 0 Å². The highest BCUT2D eigenvalue weighted by Crippen LogP contribution is 2.03. The van der Waals surface area contributed by atoms with Crippen molar-refractivity contribution < 1.29 is 14.4 Å². The molecular formula is C10H13N3O3. The molecule has 1 heterocycles. The summed E-state index contributed by atoms with van der Waals surface area (Å²) in [4.78, 5) is 33.4. The summed E-state index contributed by atoms with van der Waals surface area (Å²) in [5, 5.41) is 7.37. The van der Waals surface area contributed by atoms with Crippen molar-refractivity contribution in [2.45, 2.75) is 18.9 Å². The second-order valence-corrected chi connectivity index (χ2v) is 3.38. The molecular weight excluding hydrogens is 210 g/mol. The predicted octanol–water partition coefficient (Wildman–Crippen LogP) is -1.87. The number of imide groups is 1. The lowest BCUT2D eigenvalue weighted by molar-refractivity contribution is -0.137. The van der Waals surface area contributed by atoms with Crippen LogP contribution in [0, 0.1) is 12.3 Å². The molecule has 1 fully saturated rings. The van der Waals surface area contributed by atoms with Crippen molar-refractivity contribution in [1.29, 1.82) is 0 Å².